The average molecular weight is 535 g/mol. The first-order valence-corrected chi connectivity index (χ1v) is 12.5. The van der Waals surface area contributed by atoms with Crippen LogP contribution in [0.1, 0.15) is 43.5 Å². The Hall–Kier alpha value is -4.37. The molecule has 0 spiro atoms. The van der Waals surface area contributed by atoms with Gasteiger partial charge in [0.25, 0.3) is 0 Å². The molecule has 3 aromatic carbocycles. The molecule has 0 heterocycles. The molecule has 3 aromatic rings. The number of ether oxygens (including phenoxy) is 3. The minimum absolute atomic E-state index is 0.00387. The smallest absolute Gasteiger partial charge is 0.408 e. The van der Waals surface area contributed by atoms with E-state index >= 15 is 0 Å². The van der Waals surface area contributed by atoms with Gasteiger partial charge in [-0.05, 0) is 49.6 Å². The van der Waals surface area contributed by atoms with Gasteiger partial charge in [0.1, 0.15) is 30.6 Å². The van der Waals surface area contributed by atoms with Gasteiger partial charge in [0.05, 0.1) is 6.61 Å². The summed E-state index contributed by atoms with van der Waals surface area (Å²) in [6.45, 7) is 4.69. The third-order valence-electron chi connectivity index (χ3n) is 5.40. The van der Waals surface area contributed by atoms with Gasteiger partial charge in [0, 0.05) is 0 Å². The Kier molecular flexibility index (Phi) is 10.5. The lowest BCUT2D eigenvalue weighted by molar-refractivity contribution is -0.149. The molecule has 0 saturated heterocycles. The molecule has 3 N–H and O–H groups in total. The average Bonchev–Trinajstić information content (AvgIpc) is 2.92. The number of hydrogen-bond donors (Lipinski definition) is 3. The minimum Gasteiger partial charge on any atom is -0.489 e. The summed E-state index contributed by atoms with van der Waals surface area (Å²) in [5.74, 6) is -0.918. The lowest BCUT2D eigenvalue weighted by Gasteiger charge is -2.24. The third kappa shape index (κ3) is 9.79. The lowest BCUT2D eigenvalue weighted by Crippen LogP contribution is -2.51. The van der Waals surface area contributed by atoms with Crippen LogP contribution in [0.25, 0.3) is 0 Å². The zero-order chi connectivity index (χ0) is 28.3. The van der Waals surface area contributed by atoms with Crippen LogP contribution in [-0.4, -0.2) is 41.3 Å². The predicted octanol–water partition coefficient (Wildman–Crippen LogP) is 4.05. The normalized spacial score (nSPS) is 12.5. The number of aliphatic hydroxyl groups is 1. The Morgan fingerprint density at radius 1 is 0.795 bits per heavy atom. The number of hydrogen-bond acceptors (Lipinski definition) is 7. The summed E-state index contributed by atoms with van der Waals surface area (Å²) in [4.78, 5) is 38.3. The monoisotopic (exact) mass is 534 g/mol. The number of aliphatic hydroxyl groups excluding tert-OH is 1. The maximum atomic E-state index is 13.1. The van der Waals surface area contributed by atoms with E-state index < -0.39 is 42.3 Å². The number of alkyl carbamates (subject to hydrolysis) is 1. The van der Waals surface area contributed by atoms with Crippen LogP contribution in [-0.2, 0) is 32.3 Å². The van der Waals surface area contributed by atoms with Gasteiger partial charge >= 0.3 is 12.1 Å². The van der Waals surface area contributed by atoms with Crippen LogP contribution in [0.5, 0.6) is 5.75 Å². The maximum Gasteiger partial charge on any atom is 0.408 e. The molecule has 0 aliphatic carbocycles. The van der Waals surface area contributed by atoms with E-state index in [-0.39, 0.29) is 6.61 Å². The van der Waals surface area contributed by atoms with Gasteiger partial charge in [-0.3, -0.25) is 4.79 Å². The fourth-order valence-corrected chi connectivity index (χ4v) is 3.47. The van der Waals surface area contributed by atoms with Gasteiger partial charge in [-0.25, -0.2) is 9.59 Å². The van der Waals surface area contributed by atoms with Crippen molar-refractivity contribution in [3.8, 4) is 5.75 Å². The zero-order valence-electron chi connectivity index (χ0n) is 22.3. The molecule has 2 amide bonds. The van der Waals surface area contributed by atoms with Crippen molar-refractivity contribution in [1.82, 2.24) is 10.6 Å². The maximum absolute atomic E-state index is 13.1. The highest BCUT2D eigenvalue weighted by Crippen LogP contribution is 2.21. The van der Waals surface area contributed by atoms with Crippen LogP contribution >= 0.6 is 0 Å². The van der Waals surface area contributed by atoms with Crippen molar-refractivity contribution < 1.29 is 33.7 Å². The van der Waals surface area contributed by atoms with E-state index in [2.05, 4.69) is 10.6 Å². The van der Waals surface area contributed by atoms with Crippen LogP contribution in [0.4, 0.5) is 4.79 Å². The third-order valence-corrected chi connectivity index (χ3v) is 5.40. The summed E-state index contributed by atoms with van der Waals surface area (Å²) >= 11 is 0. The Morgan fingerprint density at radius 2 is 1.36 bits per heavy atom. The molecule has 0 aromatic heterocycles. The molecule has 9 nitrogen and oxygen atoms in total. The molecule has 0 radical (unpaired) electrons. The van der Waals surface area contributed by atoms with Gasteiger partial charge in [0.2, 0.25) is 5.91 Å². The van der Waals surface area contributed by atoms with E-state index in [1.807, 2.05) is 60.7 Å². The first-order valence-electron chi connectivity index (χ1n) is 12.5. The van der Waals surface area contributed by atoms with Crippen LogP contribution in [0.15, 0.2) is 84.9 Å². The Bertz CT molecular complexity index is 1210. The van der Waals surface area contributed by atoms with Gasteiger partial charge < -0.3 is 30.0 Å². The van der Waals surface area contributed by atoms with Crippen LogP contribution in [0.2, 0.25) is 0 Å². The fraction of sp³-hybridized carbons (Fsp3) is 0.300. The van der Waals surface area contributed by atoms with E-state index in [9.17, 15) is 19.5 Å². The summed E-state index contributed by atoms with van der Waals surface area (Å²) in [5.41, 5.74) is 1.42. The van der Waals surface area contributed by atoms with Gasteiger partial charge in [0.15, 0.2) is 6.04 Å². The second-order valence-electron chi connectivity index (χ2n) is 9.76. The number of amides is 2. The molecule has 0 aliphatic rings. The van der Waals surface area contributed by atoms with E-state index in [1.54, 1.807) is 45.0 Å². The molecular formula is C30H34N2O7. The molecule has 2 atom stereocenters. The first-order chi connectivity index (χ1) is 18.6. The van der Waals surface area contributed by atoms with E-state index in [1.165, 1.54) is 0 Å². The topological polar surface area (TPSA) is 123 Å². The van der Waals surface area contributed by atoms with Crippen molar-refractivity contribution >= 4 is 18.0 Å². The van der Waals surface area contributed by atoms with Crippen molar-refractivity contribution in [2.24, 2.45) is 0 Å². The van der Waals surface area contributed by atoms with Crippen molar-refractivity contribution in [2.75, 3.05) is 6.61 Å². The number of nitrogens with one attached hydrogen (secondary N) is 2. The van der Waals surface area contributed by atoms with E-state index in [4.69, 9.17) is 14.2 Å². The number of benzene rings is 3. The summed E-state index contributed by atoms with van der Waals surface area (Å²) in [5, 5.41) is 14.6. The first kappa shape index (κ1) is 29.2. The van der Waals surface area contributed by atoms with E-state index in [0.29, 0.717) is 17.9 Å². The molecule has 0 bridgehead atoms. The number of esters is 1. The molecular weight excluding hydrogens is 500 g/mol. The van der Waals surface area contributed by atoms with Crippen LogP contribution < -0.4 is 15.4 Å². The second kappa shape index (κ2) is 14.0. The Labute approximate surface area is 228 Å². The summed E-state index contributed by atoms with van der Waals surface area (Å²) < 4.78 is 16.5. The van der Waals surface area contributed by atoms with E-state index in [0.717, 1.165) is 11.1 Å². The Balaban J connectivity index is 1.73. The molecule has 0 aliphatic heterocycles. The zero-order valence-corrected chi connectivity index (χ0v) is 22.3. The lowest BCUT2D eigenvalue weighted by atomic mass is 10.1. The van der Waals surface area contributed by atoms with Crippen LogP contribution in [0, 0.1) is 0 Å². The van der Waals surface area contributed by atoms with Crippen LogP contribution in [0.3, 0.4) is 0 Å². The number of carbonyl (C=O) groups excluding carboxylic acids is 3. The largest absolute Gasteiger partial charge is 0.489 e. The highest BCUT2D eigenvalue weighted by Gasteiger charge is 2.30. The second-order valence-corrected chi connectivity index (χ2v) is 9.76. The minimum atomic E-state index is -1.35. The number of carbonyl (C=O) groups is 3. The van der Waals surface area contributed by atoms with Crippen molar-refractivity contribution in [3.05, 3.63) is 102 Å². The molecule has 0 saturated carbocycles. The molecule has 0 fully saturated rings. The highest BCUT2D eigenvalue weighted by atomic mass is 16.6. The fourth-order valence-electron chi connectivity index (χ4n) is 3.47. The predicted molar refractivity (Wildman–Crippen MR) is 145 cm³/mol. The van der Waals surface area contributed by atoms with Gasteiger partial charge in [-0.1, -0.05) is 72.8 Å². The molecule has 9 heteroatoms. The molecule has 39 heavy (non-hydrogen) atoms. The van der Waals surface area contributed by atoms with Gasteiger partial charge in [-0.2, -0.15) is 0 Å². The summed E-state index contributed by atoms with van der Waals surface area (Å²) in [7, 11) is 0. The van der Waals surface area contributed by atoms with Crippen molar-refractivity contribution in [1.29, 1.82) is 0 Å². The summed E-state index contributed by atoms with van der Waals surface area (Å²) in [6, 6.07) is 22.9. The van der Waals surface area contributed by atoms with Gasteiger partial charge in [-0.15, -0.1) is 0 Å². The highest BCUT2D eigenvalue weighted by molar-refractivity contribution is 5.90. The van der Waals surface area contributed by atoms with Crippen molar-refractivity contribution in [2.45, 2.75) is 51.7 Å². The standard InChI is InChI=1S/C30H34N2O7/c1-30(2,3)39-29(36)31-25(18-33)27(34)32-26(28(35)38-20-22-12-8-5-9-13-22)23-14-16-24(17-15-23)37-19-21-10-6-4-7-11-21/h4-17,25-26,33H,18-20H2,1-3H3,(H,31,36)(H,32,34)/t25-,26+/m0/s1. The molecule has 3 rings (SSSR count). The molecule has 0 unspecified atom stereocenters. The molecule has 206 valence electrons. The van der Waals surface area contributed by atoms with Crippen molar-refractivity contribution in [3.63, 3.8) is 0 Å². The number of rotatable bonds is 11. The SMILES string of the molecule is CC(C)(C)OC(=O)N[C@@H](CO)C(=O)N[C@@H](C(=O)OCc1ccccc1)c1ccc(OCc2ccccc2)cc1. The Morgan fingerprint density at radius 3 is 1.90 bits per heavy atom. The summed E-state index contributed by atoms with van der Waals surface area (Å²) in [6.07, 6.45) is -0.875. The quantitative estimate of drug-likeness (QED) is 0.317.